The highest BCUT2D eigenvalue weighted by Crippen LogP contribution is 2.33. The monoisotopic (exact) mass is 316 g/mol. The molecule has 0 aromatic carbocycles. The van der Waals surface area contributed by atoms with Gasteiger partial charge in [0.05, 0.1) is 14.4 Å². The maximum Gasteiger partial charge on any atom is 0.183 e. The van der Waals surface area contributed by atoms with E-state index in [1.54, 1.807) is 22.7 Å². The van der Waals surface area contributed by atoms with Crippen LogP contribution in [0.15, 0.2) is 21.3 Å². The van der Waals surface area contributed by atoms with Crippen molar-refractivity contribution in [2.45, 2.75) is 26.3 Å². The zero-order valence-corrected chi connectivity index (χ0v) is 12.6. The molecular formula is C11H13BrN2S2. The fourth-order valence-corrected chi connectivity index (χ4v) is 3.56. The van der Waals surface area contributed by atoms with E-state index in [2.05, 4.69) is 64.5 Å². The Morgan fingerprint density at radius 3 is 2.62 bits per heavy atom. The van der Waals surface area contributed by atoms with Gasteiger partial charge < -0.3 is 5.32 Å². The zero-order chi connectivity index (χ0) is 11.8. The molecule has 0 unspecified atom stereocenters. The van der Waals surface area contributed by atoms with Crippen LogP contribution in [-0.4, -0.2) is 10.5 Å². The molecule has 0 radical (unpaired) electrons. The molecule has 2 aromatic rings. The minimum Gasteiger partial charge on any atom is -0.357 e. The minimum atomic E-state index is 0.0607. The standard InChI is InChI=1S/C11H13BrN2S2/c1-11(2,3)14-10-13-7(6-15-10)8-4-5-9(12)16-8/h4-6H,1-3H3,(H,13,14). The lowest BCUT2D eigenvalue weighted by molar-refractivity contribution is 0.633. The molecule has 2 aromatic heterocycles. The third kappa shape index (κ3) is 3.06. The summed E-state index contributed by atoms with van der Waals surface area (Å²) in [6, 6.07) is 4.14. The van der Waals surface area contributed by atoms with Crippen LogP contribution in [0, 0.1) is 0 Å². The number of nitrogens with zero attached hydrogens (tertiary/aromatic N) is 1. The Kier molecular flexibility index (Phi) is 3.37. The lowest BCUT2D eigenvalue weighted by atomic mass is 10.1. The molecule has 0 fully saturated rings. The van der Waals surface area contributed by atoms with Gasteiger partial charge in [-0.1, -0.05) is 0 Å². The van der Waals surface area contributed by atoms with Crippen LogP contribution in [0.3, 0.4) is 0 Å². The molecular weight excluding hydrogens is 304 g/mol. The number of thiazole rings is 1. The topological polar surface area (TPSA) is 24.9 Å². The van der Waals surface area contributed by atoms with E-state index in [0.717, 1.165) is 14.6 Å². The molecule has 2 rings (SSSR count). The average Bonchev–Trinajstić information content (AvgIpc) is 2.71. The second-order valence-electron chi connectivity index (χ2n) is 4.52. The van der Waals surface area contributed by atoms with Crippen LogP contribution in [0.5, 0.6) is 0 Å². The molecule has 0 atom stereocenters. The number of hydrogen-bond donors (Lipinski definition) is 1. The maximum atomic E-state index is 4.58. The summed E-state index contributed by atoms with van der Waals surface area (Å²) in [6.07, 6.45) is 0. The number of anilines is 1. The first-order valence-electron chi connectivity index (χ1n) is 4.93. The highest BCUT2D eigenvalue weighted by Gasteiger charge is 2.13. The second-order valence-corrected chi connectivity index (χ2v) is 7.84. The van der Waals surface area contributed by atoms with Gasteiger partial charge in [0, 0.05) is 10.9 Å². The summed E-state index contributed by atoms with van der Waals surface area (Å²) in [6.45, 7) is 6.40. The summed E-state index contributed by atoms with van der Waals surface area (Å²) in [4.78, 5) is 5.78. The molecule has 1 N–H and O–H groups in total. The van der Waals surface area contributed by atoms with Crippen molar-refractivity contribution in [2.24, 2.45) is 0 Å². The predicted octanol–water partition coefficient (Wildman–Crippen LogP) is 4.84. The first kappa shape index (κ1) is 12.1. The van der Waals surface area contributed by atoms with E-state index in [9.17, 15) is 0 Å². The Labute approximate surface area is 112 Å². The summed E-state index contributed by atoms with van der Waals surface area (Å²) in [7, 11) is 0. The number of hydrogen-bond acceptors (Lipinski definition) is 4. The molecule has 0 saturated carbocycles. The second kappa shape index (κ2) is 4.47. The zero-order valence-electron chi connectivity index (χ0n) is 9.37. The highest BCUT2D eigenvalue weighted by atomic mass is 79.9. The SMILES string of the molecule is CC(C)(C)Nc1nc(-c2ccc(Br)s2)cs1. The van der Waals surface area contributed by atoms with Crippen LogP contribution in [0.25, 0.3) is 10.6 Å². The van der Waals surface area contributed by atoms with Gasteiger partial charge in [-0.3, -0.25) is 0 Å². The Morgan fingerprint density at radius 2 is 2.06 bits per heavy atom. The van der Waals surface area contributed by atoms with Crippen LogP contribution in [0.1, 0.15) is 20.8 Å². The normalized spacial score (nSPS) is 11.8. The van der Waals surface area contributed by atoms with Gasteiger partial charge in [0.2, 0.25) is 0 Å². The van der Waals surface area contributed by atoms with Crippen LogP contribution in [0.4, 0.5) is 5.13 Å². The maximum absolute atomic E-state index is 4.58. The Balaban J connectivity index is 2.20. The molecule has 16 heavy (non-hydrogen) atoms. The van der Waals surface area contributed by atoms with Gasteiger partial charge in [-0.25, -0.2) is 4.98 Å². The Bertz CT molecular complexity index is 482. The molecule has 0 aliphatic carbocycles. The van der Waals surface area contributed by atoms with Crippen molar-refractivity contribution in [3.8, 4) is 10.6 Å². The third-order valence-electron chi connectivity index (χ3n) is 1.81. The van der Waals surface area contributed by atoms with E-state index >= 15 is 0 Å². The quantitative estimate of drug-likeness (QED) is 0.857. The molecule has 0 bridgehead atoms. The molecule has 2 heterocycles. The summed E-state index contributed by atoms with van der Waals surface area (Å²) < 4.78 is 1.14. The Hall–Kier alpha value is -0.390. The van der Waals surface area contributed by atoms with E-state index in [1.165, 1.54) is 4.88 Å². The molecule has 0 aliphatic rings. The molecule has 0 aliphatic heterocycles. The number of aromatic nitrogens is 1. The van der Waals surface area contributed by atoms with E-state index in [0.29, 0.717) is 0 Å². The number of nitrogens with one attached hydrogen (secondary N) is 1. The van der Waals surface area contributed by atoms with Gasteiger partial charge in [-0.05, 0) is 48.8 Å². The first-order valence-corrected chi connectivity index (χ1v) is 7.42. The van der Waals surface area contributed by atoms with E-state index in [4.69, 9.17) is 0 Å². The summed E-state index contributed by atoms with van der Waals surface area (Å²) in [5.41, 5.74) is 1.11. The molecule has 0 amide bonds. The first-order chi connectivity index (χ1) is 7.44. The van der Waals surface area contributed by atoms with Gasteiger partial charge >= 0.3 is 0 Å². The summed E-state index contributed by atoms with van der Waals surface area (Å²) >= 11 is 6.82. The van der Waals surface area contributed by atoms with Crippen molar-refractivity contribution in [3.63, 3.8) is 0 Å². The van der Waals surface area contributed by atoms with Crippen molar-refractivity contribution in [3.05, 3.63) is 21.3 Å². The van der Waals surface area contributed by atoms with Gasteiger partial charge in [-0.15, -0.1) is 22.7 Å². The molecule has 5 heteroatoms. The van der Waals surface area contributed by atoms with Crippen LogP contribution < -0.4 is 5.32 Å². The summed E-state index contributed by atoms with van der Waals surface area (Å²) in [5, 5.41) is 6.45. The van der Waals surface area contributed by atoms with Crippen LogP contribution >= 0.6 is 38.6 Å². The fourth-order valence-electron chi connectivity index (χ4n) is 1.22. The number of rotatable bonds is 2. The van der Waals surface area contributed by atoms with Crippen molar-refractivity contribution >= 4 is 43.7 Å². The van der Waals surface area contributed by atoms with Gasteiger partial charge in [0.15, 0.2) is 5.13 Å². The van der Waals surface area contributed by atoms with E-state index in [-0.39, 0.29) is 5.54 Å². The summed E-state index contributed by atoms with van der Waals surface area (Å²) in [5.74, 6) is 0. The van der Waals surface area contributed by atoms with Gasteiger partial charge in [-0.2, -0.15) is 0 Å². The predicted molar refractivity (Wildman–Crippen MR) is 76.5 cm³/mol. The number of thiophene rings is 1. The smallest absolute Gasteiger partial charge is 0.183 e. The van der Waals surface area contributed by atoms with Crippen molar-refractivity contribution in [1.29, 1.82) is 0 Å². The fraction of sp³-hybridized carbons (Fsp3) is 0.364. The lowest BCUT2D eigenvalue weighted by Gasteiger charge is -2.19. The minimum absolute atomic E-state index is 0.0607. The van der Waals surface area contributed by atoms with E-state index in [1.807, 2.05) is 0 Å². The highest BCUT2D eigenvalue weighted by molar-refractivity contribution is 9.11. The van der Waals surface area contributed by atoms with Gasteiger partial charge in [0.1, 0.15) is 0 Å². The molecule has 0 spiro atoms. The average molecular weight is 317 g/mol. The van der Waals surface area contributed by atoms with Crippen molar-refractivity contribution in [1.82, 2.24) is 4.98 Å². The van der Waals surface area contributed by atoms with Crippen LogP contribution in [0.2, 0.25) is 0 Å². The van der Waals surface area contributed by atoms with E-state index < -0.39 is 0 Å². The van der Waals surface area contributed by atoms with Crippen molar-refractivity contribution in [2.75, 3.05) is 5.32 Å². The lowest BCUT2D eigenvalue weighted by Crippen LogP contribution is -2.25. The van der Waals surface area contributed by atoms with Crippen molar-refractivity contribution < 1.29 is 0 Å². The Morgan fingerprint density at radius 1 is 1.31 bits per heavy atom. The number of halogens is 1. The molecule has 86 valence electrons. The van der Waals surface area contributed by atoms with Crippen LogP contribution in [-0.2, 0) is 0 Å². The largest absolute Gasteiger partial charge is 0.357 e. The van der Waals surface area contributed by atoms with Gasteiger partial charge in [0.25, 0.3) is 0 Å². The molecule has 2 nitrogen and oxygen atoms in total. The molecule has 0 saturated heterocycles. The third-order valence-corrected chi connectivity index (χ3v) is 4.22.